The molecule has 3 heteroatoms. The van der Waals surface area contributed by atoms with Crippen LogP contribution in [0.5, 0.6) is 5.75 Å². The van der Waals surface area contributed by atoms with E-state index in [2.05, 4.69) is 30.4 Å². The first-order valence-corrected chi connectivity index (χ1v) is 7.17. The predicted molar refractivity (Wildman–Crippen MR) is 81.0 cm³/mol. The normalized spacial score (nSPS) is 10.8. The molecule has 0 amide bonds. The number of rotatable bonds is 7. The lowest BCUT2D eigenvalue weighted by Gasteiger charge is -2.06. The molecule has 2 rings (SSSR count). The van der Waals surface area contributed by atoms with Gasteiger partial charge in [-0.05, 0) is 44.2 Å². The van der Waals surface area contributed by atoms with Crippen LogP contribution in [0.4, 0.5) is 0 Å². The molecule has 108 valence electrons. The highest BCUT2D eigenvalue weighted by molar-refractivity contribution is 5.28. The molecular formula is C17H23NO2. The Balaban J connectivity index is 1.94. The molecule has 0 saturated carbocycles. The van der Waals surface area contributed by atoms with Crippen molar-refractivity contribution < 1.29 is 9.15 Å². The summed E-state index contributed by atoms with van der Waals surface area (Å²) in [6.07, 6.45) is 2.29. The lowest BCUT2D eigenvalue weighted by molar-refractivity contribution is 0.303. The van der Waals surface area contributed by atoms with Crippen molar-refractivity contribution in [2.45, 2.75) is 39.8 Å². The van der Waals surface area contributed by atoms with Crippen molar-refractivity contribution in [3.05, 3.63) is 53.0 Å². The number of hydrogen-bond acceptors (Lipinski definition) is 3. The third-order valence-corrected chi connectivity index (χ3v) is 3.28. The monoisotopic (exact) mass is 273 g/mol. The number of furan rings is 1. The van der Waals surface area contributed by atoms with Gasteiger partial charge in [-0.15, -0.1) is 0 Å². The lowest BCUT2D eigenvalue weighted by atomic mass is 10.1. The SMILES string of the molecule is CCCc1ccc(OCc2cc(CNC)oc2C)cc1. The van der Waals surface area contributed by atoms with Crippen LogP contribution in [0.2, 0.25) is 0 Å². The number of ether oxygens (including phenoxy) is 1. The summed E-state index contributed by atoms with van der Waals surface area (Å²) in [6.45, 7) is 5.45. The minimum absolute atomic E-state index is 0.548. The molecule has 0 atom stereocenters. The predicted octanol–water partition coefficient (Wildman–Crippen LogP) is 3.84. The van der Waals surface area contributed by atoms with Gasteiger partial charge in [0.15, 0.2) is 0 Å². The molecule has 0 aliphatic rings. The maximum Gasteiger partial charge on any atom is 0.119 e. The third-order valence-electron chi connectivity index (χ3n) is 3.28. The highest BCUT2D eigenvalue weighted by Gasteiger charge is 2.07. The first-order chi connectivity index (χ1) is 9.72. The standard InChI is InChI=1S/C17H23NO2/c1-4-5-14-6-8-16(9-7-14)19-12-15-10-17(11-18-3)20-13(15)2/h6-10,18H,4-5,11-12H2,1-3H3. The minimum atomic E-state index is 0.548. The van der Waals surface area contributed by atoms with E-state index < -0.39 is 0 Å². The van der Waals surface area contributed by atoms with Crippen LogP contribution in [-0.2, 0) is 19.6 Å². The van der Waals surface area contributed by atoms with Crippen LogP contribution in [0, 0.1) is 6.92 Å². The van der Waals surface area contributed by atoms with Crippen LogP contribution >= 0.6 is 0 Å². The highest BCUT2D eigenvalue weighted by Crippen LogP contribution is 2.19. The molecule has 2 aromatic rings. The number of nitrogens with one attached hydrogen (secondary N) is 1. The Kier molecular flexibility index (Phi) is 5.24. The maximum absolute atomic E-state index is 5.82. The van der Waals surface area contributed by atoms with Crippen LogP contribution in [0.3, 0.4) is 0 Å². The number of benzene rings is 1. The van der Waals surface area contributed by atoms with Crippen molar-refractivity contribution in [2.75, 3.05) is 7.05 Å². The molecule has 0 fully saturated rings. The van der Waals surface area contributed by atoms with E-state index in [0.717, 1.165) is 35.8 Å². The lowest BCUT2D eigenvalue weighted by Crippen LogP contribution is -2.03. The van der Waals surface area contributed by atoms with Gasteiger partial charge in [0.2, 0.25) is 0 Å². The Morgan fingerprint density at radius 3 is 2.60 bits per heavy atom. The van der Waals surface area contributed by atoms with E-state index in [1.165, 1.54) is 12.0 Å². The van der Waals surface area contributed by atoms with Crippen molar-refractivity contribution in [1.29, 1.82) is 0 Å². The molecule has 0 aliphatic heterocycles. The van der Waals surface area contributed by atoms with Gasteiger partial charge in [-0.1, -0.05) is 25.5 Å². The largest absolute Gasteiger partial charge is 0.489 e. The molecule has 0 unspecified atom stereocenters. The van der Waals surface area contributed by atoms with Gasteiger partial charge in [0.1, 0.15) is 23.9 Å². The third kappa shape index (κ3) is 3.87. The Morgan fingerprint density at radius 2 is 1.95 bits per heavy atom. The molecule has 1 N–H and O–H groups in total. The quantitative estimate of drug-likeness (QED) is 0.832. The maximum atomic E-state index is 5.82. The second-order valence-corrected chi connectivity index (χ2v) is 5.01. The van der Waals surface area contributed by atoms with Crippen LogP contribution < -0.4 is 10.1 Å². The zero-order chi connectivity index (χ0) is 14.4. The fourth-order valence-corrected chi connectivity index (χ4v) is 2.19. The molecule has 1 aromatic heterocycles. The molecule has 3 nitrogen and oxygen atoms in total. The van der Waals surface area contributed by atoms with Gasteiger partial charge in [0.05, 0.1) is 6.54 Å². The summed E-state index contributed by atoms with van der Waals surface area (Å²) in [5, 5.41) is 3.08. The van der Waals surface area contributed by atoms with Gasteiger partial charge in [-0.25, -0.2) is 0 Å². The molecule has 0 saturated heterocycles. The fraction of sp³-hybridized carbons (Fsp3) is 0.412. The van der Waals surface area contributed by atoms with Crippen LogP contribution in [-0.4, -0.2) is 7.05 Å². The van der Waals surface area contributed by atoms with E-state index in [1.54, 1.807) is 0 Å². The number of aryl methyl sites for hydroxylation is 2. The molecule has 0 bridgehead atoms. The fourth-order valence-electron chi connectivity index (χ4n) is 2.19. The van der Waals surface area contributed by atoms with Gasteiger partial charge in [-0.3, -0.25) is 0 Å². The van der Waals surface area contributed by atoms with E-state index in [1.807, 2.05) is 26.1 Å². The van der Waals surface area contributed by atoms with Gasteiger partial charge < -0.3 is 14.5 Å². The summed E-state index contributed by atoms with van der Waals surface area (Å²) in [5.41, 5.74) is 2.46. The molecule has 1 aromatic carbocycles. The molecule has 0 aliphatic carbocycles. The van der Waals surface area contributed by atoms with Gasteiger partial charge >= 0.3 is 0 Å². The van der Waals surface area contributed by atoms with Crippen LogP contribution in [0.25, 0.3) is 0 Å². The van der Waals surface area contributed by atoms with Crippen LogP contribution in [0.15, 0.2) is 34.7 Å². The first kappa shape index (κ1) is 14.7. The average Bonchev–Trinajstić information content (AvgIpc) is 2.79. The minimum Gasteiger partial charge on any atom is -0.489 e. The summed E-state index contributed by atoms with van der Waals surface area (Å²) in [7, 11) is 1.91. The van der Waals surface area contributed by atoms with E-state index in [0.29, 0.717) is 6.61 Å². The molecule has 0 spiro atoms. The Bertz CT molecular complexity index is 528. The van der Waals surface area contributed by atoms with Crippen molar-refractivity contribution in [3.8, 4) is 5.75 Å². The summed E-state index contributed by atoms with van der Waals surface area (Å²) < 4.78 is 11.5. The van der Waals surface area contributed by atoms with Crippen molar-refractivity contribution in [2.24, 2.45) is 0 Å². The second kappa shape index (κ2) is 7.15. The summed E-state index contributed by atoms with van der Waals surface area (Å²) >= 11 is 0. The zero-order valence-electron chi connectivity index (χ0n) is 12.5. The average molecular weight is 273 g/mol. The number of hydrogen-bond donors (Lipinski definition) is 1. The molecule has 0 radical (unpaired) electrons. The van der Waals surface area contributed by atoms with E-state index in [4.69, 9.17) is 9.15 Å². The van der Waals surface area contributed by atoms with E-state index >= 15 is 0 Å². The zero-order valence-corrected chi connectivity index (χ0v) is 12.5. The summed E-state index contributed by atoms with van der Waals surface area (Å²) in [4.78, 5) is 0. The van der Waals surface area contributed by atoms with E-state index in [-0.39, 0.29) is 0 Å². The van der Waals surface area contributed by atoms with Gasteiger partial charge in [0.25, 0.3) is 0 Å². The topological polar surface area (TPSA) is 34.4 Å². The van der Waals surface area contributed by atoms with E-state index in [9.17, 15) is 0 Å². The first-order valence-electron chi connectivity index (χ1n) is 7.17. The Labute approximate surface area is 121 Å². The van der Waals surface area contributed by atoms with Crippen molar-refractivity contribution in [3.63, 3.8) is 0 Å². The van der Waals surface area contributed by atoms with Crippen molar-refractivity contribution in [1.82, 2.24) is 5.32 Å². The smallest absolute Gasteiger partial charge is 0.119 e. The Morgan fingerprint density at radius 1 is 1.20 bits per heavy atom. The Hall–Kier alpha value is -1.74. The molecule has 20 heavy (non-hydrogen) atoms. The summed E-state index contributed by atoms with van der Waals surface area (Å²) in [6, 6.07) is 10.4. The second-order valence-electron chi connectivity index (χ2n) is 5.01. The highest BCUT2D eigenvalue weighted by atomic mass is 16.5. The van der Waals surface area contributed by atoms with Crippen molar-refractivity contribution >= 4 is 0 Å². The van der Waals surface area contributed by atoms with Crippen LogP contribution in [0.1, 0.15) is 36.0 Å². The van der Waals surface area contributed by atoms with Gasteiger partial charge in [0, 0.05) is 5.56 Å². The summed E-state index contributed by atoms with van der Waals surface area (Å²) in [5.74, 6) is 2.78. The molecular weight excluding hydrogens is 250 g/mol. The van der Waals surface area contributed by atoms with Gasteiger partial charge in [-0.2, -0.15) is 0 Å². The molecule has 1 heterocycles.